The van der Waals surface area contributed by atoms with Gasteiger partial charge in [0.05, 0.1) is 0 Å². The van der Waals surface area contributed by atoms with E-state index in [0.717, 1.165) is 0 Å². The predicted molar refractivity (Wildman–Crippen MR) is 88.5 cm³/mol. The van der Waals surface area contributed by atoms with Crippen molar-refractivity contribution >= 4 is 30.9 Å². The first-order valence-corrected chi connectivity index (χ1v) is 9.00. The molecule has 0 amide bonds. The van der Waals surface area contributed by atoms with Gasteiger partial charge in [-0.05, 0) is 0 Å². The van der Waals surface area contributed by atoms with Crippen LogP contribution in [0.1, 0.15) is 37.0 Å². The normalized spacial score (nSPS) is 22.4. The second-order valence-corrected chi connectivity index (χ2v) is 10.1. The molecule has 0 aliphatic heterocycles. The van der Waals surface area contributed by atoms with Crippen molar-refractivity contribution in [3.05, 3.63) is 62.0 Å². The summed E-state index contributed by atoms with van der Waals surface area (Å²) in [5.41, 5.74) is 6.05. The van der Waals surface area contributed by atoms with E-state index in [4.69, 9.17) is 0 Å². The number of aryl methyl sites for hydroxylation is 1. The molecule has 3 heteroatoms. The van der Waals surface area contributed by atoms with Crippen molar-refractivity contribution in [3.63, 3.8) is 0 Å². The van der Waals surface area contributed by atoms with E-state index in [1.165, 1.54) is 17.5 Å². The molecule has 20 heavy (non-hydrogen) atoms. The summed E-state index contributed by atoms with van der Waals surface area (Å²) >= 11 is -0.600. The summed E-state index contributed by atoms with van der Waals surface area (Å²) in [7, 11) is 0. The molecule has 0 saturated carbocycles. The minimum Gasteiger partial charge on any atom is -0.147 e. The van der Waals surface area contributed by atoms with Gasteiger partial charge in [0.1, 0.15) is 0 Å². The minimum absolute atomic E-state index is 0. The van der Waals surface area contributed by atoms with Crippen LogP contribution in [0.15, 0.2) is 45.3 Å². The average Bonchev–Trinajstić information content (AvgIpc) is 2.86. The fourth-order valence-corrected chi connectivity index (χ4v) is 7.39. The Bertz CT molecular complexity index is 599. The Balaban J connectivity index is 0.000001000. The second-order valence-electron chi connectivity index (χ2n) is 5.47. The second kappa shape index (κ2) is 6.78. The van der Waals surface area contributed by atoms with Crippen LogP contribution in [0.4, 0.5) is 0 Å². The molecule has 0 spiro atoms. The fraction of sp³-hybridized carbons (Fsp3) is 0.294. The summed E-state index contributed by atoms with van der Waals surface area (Å²) < 4.78 is 2.12. The zero-order valence-electron chi connectivity index (χ0n) is 12.1. The molecule has 1 unspecified atom stereocenters. The van der Waals surface area contributed by atoms with Crippen molar-refractivity contribution in [1.82, 2.24) is 0 Å². The summed E-state index contributed by atoms with van der Waals surface area (Å²) in [6.45, 7) is 6.99. The maximum Gasteiger partial charge on any atom is -0.147 e. The summed E-state index contributed by atoms with van der Waals surface area (Å²) in [6, 6.07) is 6.70. The third kappa shape index (κ3) is 3.06. The van der Waals surface area contributed by atoms with Gasteiger partial charge in [-0.25, -0.2) is 0 Å². The standard InChI is InChI=1S/C11H11.C6H7.2ClH.Zr/c1-8-4-3-5-10-7-6-9(2)11(8)10;1-6-4-2-3-5-6;;;/h3-7H,1-2H3;2,4H,3H2,1H3;2*1H;. The van der Waals surface area contributed by atoms with Crippen LogP contribution in [-0.4, -0.2) is 0 Å². The quantitative estimate of drug-likeness (QED) is 0.639. The van der Waals surface area contributed by atoms with E-state index in [1.54, 1.807) is 14.4 Å². The number of fused-ring (bicyclic) bond motifs is 1. The Labute approximate surface area is 145 Å². The maximum atomic E-state index is 2.47. The molecule has 0 N–H and O–H groups in total. The van der Waals surface area contributed by atoms with Crippen molar-refractivity contribution in [2.45, 2.75) is 30.3 Å². The molecule has 0 aromatic heterocycles. The van der Waals surface area contributed by atoms with Crippen LogP contribution >= 0.6 is 24.8 Å². The Morgan fingerprint density at radius 2 is 1.85 bits per heavy atom. The molecule has 106 valence electrons. The fourth-order valence-electron chi connectivity index (χ4n) is 3.06. The van der Waals surface area contributed by atoms with E-state index in [-0.39, 0.29) is 24.8 Å². The van der Waals surface area contributed by atoms with E-state index in [0.29, 0.717) is 3.12 Å². The number of hydrogen-bond acceptors (Lipinski definition) is 0. The number of halogens is 2. The van der Waals surface area contributed by atoms with Gasteiger partial charge in [0, 0.05) is 0 Å². The molecule has 1 aromatic carbocycles. The van der Waals surface area contributed by atoms with Crippen LogP contribution in [0.3, 0.4) is 0 Å². The van der Waals surface area contributed by atoms with Crippen LogP contribution in [0.2, 0.25) is 0 Å². The van der Waals surface area contributed by atoms with Gasteiger partial charge in [0.2, 0.25) is 0 Å². The molecule has 0 radical (unpaired) electrons. The predicted octanol–water partition coefficient (Wildman–Crippen LogP) is 5.40. The van der Waals surface area contributed by atoms with Crippen molar-refractivity contribution < 1.29 is 23.2 Å². The first-order chi connectivity index (χ1) is 8.60. The number of hydrogen-bond donors (Lipinski definition) is 0. The summed E-state index contributed by atoms with van der Waals surface area (Å²) in [4.78, 5) is 0. The van der Waals surface area contributed by atoms with E-state index in [9.17, 15) is 0 Å². The van der Waals surface area contributed by atoms with Crippen molar-refractivity contribution in [3.8, 4) is 0 Å². The van der Waals surface area contributed by atoms with E-state index < -0.39 is 23.2 Å². The molecule has 2 aliphatic rings. The van der Waals surface area contributed by atoms with Crippen LogP contribution < -0.4 is 0 Å². The van der Waals surface area contributed by atoms with E-state index >= 15 is 0 Å². The Morgan fingerprint density at radius 3 is 2.50 bits per heavy atom. The molecule has 0 heterocycles. The van der Waals surface area contributed by atoms with Crippen LogP contribution in [-0.2, 0) is 26.4 Å². The molecule has 2 aliphatic carbocycles. The van der Waals surface area contributed by atoms with Gasteiger partial charge in [0.15, 0.2) is 0 Å². The van der Waals surface area contributed by atoms with Gasteiger partial charge < -0.3 is 0 Å². The van der Waals surface area contributed by atoms with Gasteiger partial charge in [0.25, 0.3) is 0 Å². The molecule has 0 saturated heterocycles. The maximum absolute atomic E-state index is 2.47. The summed E-state index contributed by atoms with van der Waals surface area (Å²) in [6.07, 6.45) is 10.6. The molecular weight excluding hydrogens is 366 g/mol. The smallest absolute Gasteiger partial charge is 0.147 e. The molecule has 0 bridgehead atoms. The SMILES string of the molecule is CC1=[C]([Zr][C]2(C)C=Cc3cccc(C)c32)CC=C1.Cl.Cl. The van der Waals surface area contributed by atoms with Crippen molar-refractivity contribution in [2.75, 3.05) is 0 Å². The topological polar surface area (TPSA) is 0 Å². The van der Waals surface area contributed by atoms with Crippen molar-refractivity contribution in [1.29, 1.82) is 0 Å². The monoisotopic (exact) mass is 384 g/mol. The summed E-state index contributed by atoms with van der Waals surface area (Å²) in [5.74, 6) is 0. The number of benzene rings is 1. The first kappa shape index (κ1) is 18.0. The molecular formula is C17H20Cl2Zr. The summed E-state index contributed by atoms with van der Waals surface area (Å²) in [5, 5.41) is 0. The number of allylic oxidation sites excluding steroid dienone is 5. The zero-order valence-corrected chi connectivity index (χ0v) is 16.2. The van der Waals surface area contributed by atoms with Crippen molar-refractivity contribution in [2.24, 2.45) is 0 Å². The average molecular weight is 386 g/mol. The van der Waals surface area contributed by atoms with Gasteiger partial charge in [-0.15, -0.1) is 24.8 Å². The Morgan fingerprint density at radius 1 is 1.10 bits per heavy atom. The van der Waals surface area contributed by atoms with E-state index in [2.05, 4.69) is 63.3 Å². The molecule has 3 rings (SSSR count). The Hall–Kier alpha value is -0.0969. The Kier molecular flexibility index (Phi) is 6.08. The largest absolute Gasteiger partial charge is 0.147 e. The van der Waals surface area contributed by atoms with E-state index in [1.807, 2.05) is 0 Å². The van der Waals surface area contributed by atoms with Crippen LogP contribution in [0.5, 0.6) is 0 Å². The molecule has 1 aromatic rings. The van der Waals surface area contributed by atoms with Gasteiger partial charge in [-0.1, -0.05) is 0 Å². The zero-order chi connectivity index (χ0) is 12.8. The molecule has 0 fully saturated rings. The third-order valence-corrected chi connectivity index (χ3v) is 8.51. The number of rotatable bonds is 2. The van der Waals surface area contributed by atoms with Crippen LogP contribution in [0, 0.1) is 6.92 Å². The van der Waals surface area contributed by atoms with Gasteiger partial charge >= 0.3 is 122 Å². The molecule has 0 nitrogen and oxygen atoms in total. The van der Waals surface area contributed by atoms with Crippen LogP contribution in [0.25, 0.3) is 6.08 Å². The van der Waals surface area contributed by atoms with Gasteiger partial charge in [-0.3, -0.25) is 0 Å². The first-order valence-electron chi connectivity index (χ1n) is 6.54. The van der Waals surface area contributed by atoms with Gasteiger partial charge in [-0.2, -0.15) is 0 Å². The molecule has 1 atom stereocenters. The third-order valence-electron chi connectivity index (χ3n) is 4.00. The minimum atomic E-state index is -0.600.